The fourth-order valence-corrected chi connectivity index (χ4v) is 3.10. The van der Waals surface area contributed by atoms with Crippen molar-refractivity contribution in [2.45, 2.75) is 25.3 Å². The van der Waals surface area contributed by atoms with Gasteiger partial charge in [-0.15, -0.1) is 0 Å². The predicted molar refractivity (Wildman–Crippen MR) is 90.8 cm³/mol. The number of ether oxygens (including phenoxy) is 1. The maximum absolute atomic E-state index is 12.5. The van der Waals surface area contributed by atoms with E-state index >= 15 is 0 Å². The molecule has 126 valence electrons. The Morgan fingerprint density at radius 3 is 2.96 bits per heavy atom. The molecule has 0 aliphatic heterocycles. The number of rotatable bonds is 3. The predicted octanol–water partition coefficient (Wildman–Crippen LogP) is 1.73. The summed E-state index contributed by atoms with van der Waals surface area (Å²) in [4.78, 5) is 24.3. The number of hydrogen-bond donors (Lipinski definition) is 1. The van der Waals surface area contributed by atoms with Gasteiger partial charge in [-0.25, -0.2) is 4.68 Å². The fourth-order valence-electron chi connectivity index (χ4n) is 2.93. The molecule has 0 unspecified atom stereocenters. The second-order valence-electron chi connectivity index (χ2n) is 5.84. The van der Waals surface area contributed by atoms with Crippen LogP contribution in [0.3, 0.4) is 0 Å². The molecule has 1 aromatic heterocycles. The van der Waals surface area contributed by atoms with Gasteiger partial charge in [0.2, 0.25) is 0 Å². The monoisotopic (exact) mass is 347 g/mol. The number of methoxy groups -OCH3 is 1. The van der Waals surface area contributed by atoms with Crippen LogP contribution in [0, 0.1) is 0 Å². The van der Waals surface area contributed by atoms with E-state index in [-0.39, 0.29) is 17.5 Å². The second kappa shape index (κ2) is 6.65. The molecule has 0 spiro atoms. The number of amides is 1. The first-order valence-electron chi connectivity index (χ1n) is 7.68. The molecule has 1 N–H and O–H groups in total. The van der Waals surface area contributed by atoms with E-state index in [1.807, 2.05) is 0 Å². The normalized spacial score (nSPS) is 16.4. The summed E-state index contributed by atoms with van der Waals surface area (Å²) in [5, 5.41) is 7.75. The summed E-state index contributed by atoms with van der Waals surface area (Å²) in [6, 6.07) is 6.48. The number of hydrogen-bond acceptors (Lipinski definition) is 4. The minimum absolute atomic E-state index is 0.0532. The van der Waals surface area contributed by atoms with Crippen LogP contribution in [0.25, 0.3) is 0 Å². The van der Waals surface area contributed by atoms with E-state index in [1.165, 1.54) is 11.8 Å². The van der Waals surface area contributed by atoms with Crippen LogP contribution in [-0.4, -0.2) is 28.8 Å². The number of nitrogens with zero attached hydrogens (tertiary/aromatic N) is 2. The summed E-state index contributed by atoms with van der Waals surface area (Å²) in [6.07, 6.45) is 2.08. The first-order chi connectivity index (χ1) is 11.5. The maximum atomic E-state index is 12.5. The molecule has 0 saturated heterocycles. The lowest BCUT2D eigenvalue weighted by Crippen LogP contribution is -2.40. The van der Waals surface area contributed by atoms with Gasteiger partial charge in [0.25, 0.3) is 11.5 Å². The smallest absolute Gasteiger partial charge is 0.266 e. The van der Waals surface area contributed by atoms with E-state index in [4.69, 9.17) is 16.3 Å². The molecule has 0 fully saturated rings. The topological polar surface area (TPSA) is 73.2 Å². The number of nitrogens with one attached hydrogen (secondary N) is 1. The van der Waals surface area contributed by atoms with E-state index in [0.29, 0.717) is 22.8 Å². The van der Waals surface area contributed by atoms with Crippen LogP contribution < -0.4 is 15.6 Å². The van der Waals surface area contributed by atoms with Crippen LogP contribution in [0.2, 0.25) is 5.02 Å². The van der Waals surface area contributed by atoms with Crippen LogP contribution >= 0.6 is 11.6 Å². The fraction of sp³-hybridized carbons (Fsp3) is 0.353. The molecule has 7 heteroatoms. The molecule has 0 radical (unpaired) electrons. The van der Waals surface area contributed by atoms with E-state index in [9.17, 15) is 9.59 Å². The zero-order chi connectivity index (χ0) is 17.3. The Kier molecular flexibility index (Phi) is 4.57. The van der Waals surface area contributed by atoms with Crippen LogP contribution in [0.5, 0.6) is 5.75 Å². The van der Waals surface area contributed by atoms with Gasteiger partial charge in [-0.05, 0) is 43.0 Å². The molecule has 1 aliphatic rings. The first kappa shape index (κ1) is 16.5. The van der Waals surface area contributed by atoms with Crippen molar-refractivity contribution < 1.29 is 9.53 Å². The molecule has 1 amide bonds. The number of carbonyl (C=O) groups is 1. The van der Waals surface area contributed by atoms with Crippen molar-refractivity contribution in [3.8, 4) is 5.75 Å². The van der Waals surface area contributed by atoms with E-state index in [2.05, 4.69) is 10.4 Å². The Labute approximate surface area is 144 Å². The maximum Gasteiger partial charge on any atom is 0.266 e. The summed E-state index contributed by atoms with van der Waals surface area (Å²) in [6.45, 7) is 0. The van der Waals surface area contributed by atoms with Gasteiger partial charge in [0, 0.05) is 24.2 Å². The third-order valence-electron chi connectivity index (χ3n) is 4.20. The van der Waals surface area contributed by atoms with Gasteiger partial charge in [0.05, 0.1) is 18.4 Å². The van der Waals surface area contributed by atoms with Crippen molar-refractivity contribution in [3.05, 3.63) is 56.5 Å². The highest BCUT2D eigenvalue weighted by Crippen LogP contribution is 2.24. The highest BCUT2D eigenvalue weighted by molar-refractivity contribution is 6.31. The number of benzene rings is 1. The Hall–Kier alpha value is -2.34. The highest BCUT2D eigenvalue weighted by atomic mass is 35.5. The van der Waals surface area contributed by atoms with E-state index < -0.39 is 0 Å². The molecule has 1 aliphatic carbocycles. The van der Waals surface area contributed by atoms with E-state index in [1.54, 1.807) is 31.3 Å². The number of fused-ring (bicyclic) bond motifs is 1. The first-order valence-corrected chi connectivity index (χ1v) is 8.06. The van der Waals surface area contributed by atoms with Gasteiger partial charge in [0.15, 0.2) is 0 Å². The molecule has 3 rings (SSSR count). The third kappa shape index (κ3) is 3.28. The SMILES string of the molecule is COc1ccc(Cl)cc1C(=O)N[C@H]1CCc2nn(C)c(=O)cc2C1. The van der Waals surface area contributed by atoms with Gasteiger partial charge >= 0.3 is 0 Å². The van der Waals surface area contributed by atoms with E-state index in [0.717, 1.165) is 24.1 Å². The molecule has 2 aromatic rings. The van der Waals surface area contributed by atoms with Gasteiger partial charge in [0.1, 0.15) is 5.75 Å². The summed E-state index contributed by atoms with van der Waals surface area (Å²) in [5.74, 6) is 0.239. The Balaban J connectivity index is 1.78. The minimum atomic E-state index is -0.236. The minimum Gasteiger partial charge on any atom is -0.496 e. The lowest BCUT2D eigenvalue weighted by molar-refractivity contribution is 0.0930. The van der Waals surface area contributed by atoms with Crippen LogP contribution in [0.15, 0.2) is 29.1 Å². The second-order valence-corrected chi connectivity index (χ2v) is 6.27. The number of halogens is 1. The Morgan fingerprint density at radius 1 is 1.42 bits per heavy atom. The molecular weight excluding hydrogens is 330 g/mol. The van der Waals surface area contributed by atoms with Crippen LogP contribution in [-0.2, 0) is 19.9 Å². The molecule has 0 saturated carbocycles. The zero-order valence-electron chi connectivity index (χ0n) is 13.5. The summed E-state index contributed by atoms with van der Waals surface area (Å²) < 4.78 is 6.56. The molecule has 6 nitrogen and oxygen atoms in total. The van der Waals surface area contributed by atoms with Gasteiger partial charge in [-0.2, -0.15) is 5.10 Å². The third-order valence-corrected chi connectivity index (χ3v) is 4.43. The average molecular weight is 348 g/mol. The van der Waals surface area contributed by atoms with Gasteiger partial charge in [-0.3, -0.25) is 9.59 Å². The number of carbonyl (C=O) groups excluding carboxylic acids is 1. The average Bonchev–Trinajstić information content (AvgIpc) is 2.56. The van der Waals surface area contributed by atoms with Gasteiger partial charge < -0.3 is 10.1 Å². The molecule has 1 heterocycles. The number of aryl methyl sites for hydroxylation is 2. The van der Waals surface area contributed by atoms with Crippen molar-refractivity contribution in [3.63, 3.8) is 0 Å². The molecule has 1 atom stereocenters. The highest BCUT2D eigenvalue weighted by Gasteiger charge is 2.23. The van der Waals surface area contributed by atoms with Crippen molar-refractivity contribution in [2.24, 2.45) is 7.05 Å². The van der Waals surface area contributed by atoms with Crippen molar-refractivity contribution in [1.82, 2.24) is 15.1 Å². The quantitative estimate of drug-likeness (QED) is 0.917. The zero-order valence-corrected chi connectivity index (χ0v) is 14.3. The molecule has 24 heavy (non-hydrogen) atoms. The standard InChI is InChI=1S/C17H18ClN3O3/c1-21-16(22)8-10-7-12(4-5-14(10)20-21)19-17(23)13-9-11(18)3-6-15(13)24-2/h3,6,8-9,12H,4-5,7H2,1-2H3,(H,19,23)/t12-/m0/s1. The van der Waals surface area contributed by atoms with Crippen LogP contribution in [0.4, 0.5) is 0 Å². The molecular formula is C17H18ClN3O3. The van der Waals surface area contributed by atoms with Crippen molar-refractivity contribution in [1.29, 1.82) is 0 Å². The van der Waals surface area contributed by atoms with Gasteiger partial charge in [-0.1, -0.05) is 11.6 Å². The van der Waals surface area contributed by atoms with Crippen molar-refractivity contribution in [2.75, 3.05) is 7.11 Å². The molecule has 0 bridgehead atoms. The van der Waals surface area contributed by atoms with Crippen LogP contribution in [0.1, 0.15) is 28.0 Å². The Morgan fingerprint density at radius 2 is 2.21 bits per heavy atom. The largest absolute Gasteiger partial charge is 0.496 e. The lowest BCUT2D eigenvalue weighted by atomic mass is 9.92. The number of aromatic nitrogens is 2. The van der Waals surface area contributed by atoms with Crippen molar-refractivity contribution >= 4 is 17.5 Å². The summed E-state index contributed by atoms with van der Waals surface area (Å²) in [5.41, 5.74) is 2.07. The summed E-state index contributed by atoms with van der Waals surface area (Å²) in [7, 11) is 3.15. The molecule has 1 aromatic carbocycles. The summed E-state index contributed by atoms with van der Waals surface area (Å²) >= 11 is 5.98. The Bertz CT molecular complexity index is 847. The lowest BCUT2D eigenvalue weighted by Gasteiger charge is -2.25.